The molecule has 0 saturated heterocycles. The number of hydrogen-bond acceptors (Lipinski definition) is 4. The lowest BCUT2D eigenvalue weighted by Crippen LogP contribution is -2.01. The number of nitrogens with zero attached hydrogens (tertiary/aromatic N) is 2. The molecule has 4 nitrogen and oxygen atoms in total. The normalized spacial score (nSPS) is 9.79. The van der Waals surface area contributed by atoms with Crippen LogP contribution in [0.15, 0.2) is 34.9 Å². The van der Waals surface area contributed by atoms with Crippen LogP contribution in [0, 0.1) is 18.3 Å². The molecule has 0 amide bonds. The molecule has 1 heterocycles. The highest BCUT2D eigenvalue weighted by molar-refractivity contribution is 9.10. The molecule has 0 saturated carbocycles. The number of pyridine rings is 1. The van der Waals surface area contributed by atoms with E-state index in [0.29, 0.717) is 22.8 Å². The van der Waals surface area contributed by atoms with Gasteiger partial charge in [0.1, 0.15) is 23.3 Å². The first kappa shape index (κ1) is 13.4. The van der Waals surface area contributed by atoms with Gasteiger partial charge in [-0.3, -0.25) is 0 Å². The summed E-state index contributed by atoms with van der Waals surface area (Å²) in [5, 5.41) is 12.3. The fourth-order valence-corrected chi connectivity index (χ4v) is 2.16. The number of nitriles is 1. The van der Waals surface area contributed by atoms with Crippen LogP contribution in [-0.2, 0) is 0 Å². The summed E-state index contributed by atoms with van der Waals surface area (Å²) < 4.78 is 6.19. The molecule has 1 aromatic carbocycles. The van der Waals surface area contributed by atoms with Crippen molar-refractivity contribution in [3.8, 4) is 11.8 Å². The summed E-state index contributed by atoms with van der Waals surface area (Å²) in [5.41, 5.74) is 2.12. The van der Waals surface area contributed by atoms with Crippen LogP contribution in [0.4, 0.5) is 11.5 Å². The predicted octanol–water partition coefficient (Wildman–Crippen LogP) is 3.78. The first-order valence-electron chi connectivity index (χ1n) is 5.62. The van der Waals surface area contributed by atoms with Crippen molar-refractivity contribution in [3.63, 3.8) is 0 Å². The van der Waals surface area contributed by atoms with Gasteiger partial charge in [-0.25, -0.2) is 4.98 Å². The molecule has 1 aromatic heterocycles. The topological polar surface area (TPSA) is 57.9 Å². The number of nitrogens with one attached hydrogen (secondary N) is 1. The Morgan fingerprint density at radius 2 is 2.21 bits per heavy atom. The smallest absolute Gasteiger partial charge is 0.143 e. The molecule has 0 unspecified atom stereocenters. The minimum atomic E-state index is 0.517. The average molecular weight is 318 g/mol. The van der Waals surface area contributed by atoms with Crippen molar-refractivity contribution in [1.29, 1.82) is 5.26 Å². The first-order valence-corrected chi connectivity index (χ1v) is 6.41. The molecule has 19 heavy (non-hydrogen) atoms. The molecular formula is C14H12BrN3O. The zero-order chi connectivity index (χ0) is 13.8. The third-order valence-electron chi connectivity index (χ3n) is 2.65. The van der Waals surface area contributed by atoms with Gasteiger partial charge in [0.05, 0.1) is 12.7 Å². The summed E-state index contributed by atoms with van der Waals surface area (Å²) in [7, 11) is 1.57. The van der Waals surface area contributed by atoms with Gasteiger partial charge in [-0.05, 0) is 46.6 Å². The number of rotatable bonds is 3. The van der Waals surface area contributed by atoms with Crippen molar-refractivity contribution >= 4 is 27.4 Å². The van der Waals surface area contributed by atoms with E-state index in [1.54, 1.807) is 31.5 Å². The van der Waals surface area contributed by atoms with E-state index in [9.17, 15) is 0 Å². The number of aryl methyl sites for hydroxylation is 1. The van der Waals surface area contributed by atoms with Gasteiger partial charge >= 0.3 is 0 Å². The third-order valence-corrected chi connectivity index (χ3v) is 3.09. The number of benzene rings is 1. The van der Waals surface area contributed by atoms with Crippen LogP contribution in [0.2, 0.25) is 0 Å². The minimum Gasteiger partial charge on any atom is -0.495 e. The lowest BCUT2D eigenvalue weighted by atomic mass is 10.1. The van der Waals surface area contributed by atoms with Gasteiger partial charge in [-0.1, -0.05) is 6.07 Å². The number of anilines is 2. The van der Waals surface area contributed by atoms with Gasteiger partial charge < -0.3 is 10.1 Å². The molecule has 5 heteroatoms. The Hall–Kier alpha value is -2.06. The maximum Gasteiger partial charge on any atom is 0.143 e. The fourth-order valence-electron chi connectivity index (χ4n) is 1.71. The molecule has 0 aliphatic carbocycles. The lowest BCUT2D eigenvalue weighted by Gasteiger charge is -2.13. The standard InChI is InChI=1S/C14H12BrN3O/c1-9-6-11(15)8-17-14(9)18-13-10(7-16)4-3-5-12(13)19-2/h3-6,8H,1-2H3,(H,17,18). The van der Waals surface area contributed by atoms with Crippen LogP contribution in [0.1, 0.15) is 11.1 Å². The molecule has 0 aliphatic heterocycles. The van der Waals surface area contributed by atoms with Gasteiger partial charge in [0.15, 0.2) is 0 Å². The van der Waals surface area contributed by atoms with Crippen molar-refractivity contribution in [2.24, 2.45) is 0 Å². The Kier molecular flexibility index (Phi) is 4.03. The number of halogens is 1. The Balaban J connectivity index is 2.46. The summed E-state index contributed by atoms with van der Waals surface area (Å²) in [6.45, 7) is 1.95. The van der Waals surface area contributed by atoms with E-state index in [1.165, 1.54) is 0 Å². The summed E-state index contributed by atoms with van der Waals surface area (Å²) in [6, 6.07) is 9.42. The summed E-state index contributed by atoms with van der Waals surface area (Å²) >= 11 is 3.37. The van der Waals surface area contributed by atoms with Gasteiger partial charge in [0, 0.05) is 10.7 Å². The molecule has 1 N–H and O–H groups in total. The van der Waals surface area contributed by atoms with Gasteiger partial charge in [-0.15, -0.1) is 0 Å². The van der Waals surface area contributed by atoms with E-state index >= 15 is 0 Å². The maximum absolute atomic E-state index is 9.16. The van der Waals surface area contributed by atoms with Crippen LogP contribution >= 0.6 is 15.9 Å². The number of para-hydroxylation sites is 1. The second-order valence-corrected chi connectivity index (χ2v) is 4.85. The number of aromatic nitrogens is 1. The average Bonchev–Trinajstić information content (AvgIpc) is 2.42. The molecule has 0 bridgehead atoms. The van der Waals surface area contributed by atoms with Crippen molar-refractivity contribution in [2.75, 3.05) is 12.4 Å². The third kappa shape index (κ3) is 2.85. The summed E-state index contributed by atoms with van der Waals surface area (Å²) in [6.07, 6.45) is 1.71. The van der Waals surface area contributed by atoms with Crippen LogP contribution < -0.4 is 10.1 Å². The van der Waals surface area contributed by atoms with E-state index in [4.69, 9.17) is 10.00 Å². The minimum absolute atomic E-state index is 0.517. The van der Waals surface area contributed by atoms with Crippen molar-refractivity contribution in [2.45, 2.75) is 6.92 Å². The highest BCUT2D eigenvalue weighted by Crippen LogP contribution is 2.31. The zero-order valence-corrected chi connectivity index (χ0v) is 12.2. The maximum atomic E-state index is 9.16. The molecular weight excluding hydrogens is 306 g/mol. The molecule has 0 atom stereocenters. The van der Waals surface area contributed by atoms with Crippen LogP contribution in [-0.4, -0.2) is 12.1 Å². The molecule has 0 aliphatic rings. The van der Waals surface area contributed by atoms with Crippen LogP contribution in [0.5, 0.6) is 5.75 Å². The zero-order valence-electron chi connectivity index (χ0n) is 10.6. The molecule has 0 radical (unpaired) electrons. The van der Waals surface area contributed by atoms with Gasteiger partial charge in [0.25, 0.3) is 0 Å². The van der Waals surface area contributed by atoms with Crippen molar-refractivity contribution in [3.05, 3.63) is 46.1 Å². The number of hydrogen-bond donors (Lipinski definition) is 1. The van der Waals surface area contributed by atoms with Gasteiger partial charge in [-0.2, -0.15) is 5.26 Å². The van der Waals surface area contributed by atoms with E-state index in [1.807, 2.05) is 13.0 Å². The molecule has 96 valence electrons. The van der Waals surface area contributed by atoms with E-state index in [2.05, 4.69) is 32.3 Å². The Morgan fingerprint density at radius 1 is 1.42 bits per heavy atom. The Labute approximate surface area is 120 Å². The largest absolute Gasteiger partial charge is 0.495 e. The molecule has 0 spiro atoms. The molecule has 2 rings (SSSR count). The highest BCUT2D eigenvalue weighted by Gasteiger charge is 2.11. The summed E-state index contributed by atoms with van der Waals surface area (Å²) in [5.74, 6) is 1.31. The van der Waals surface area contributed by atoms with Crippen molar-refractivity contribution < 1.29 is 4.74 Å². The number of ether oxygens (including phenoxy) is 1. The van der Waals surface area contributed by atoms with Crippen LogP contribution in [0.3, 0.4) is 0 Å². The predicted molar refractivity (Wildman–Crippen MR) is 77.7 cm³/mol. The van der Waals surface area contributed by atoms with E-state index < -0.39 is 0 Å². The van der Waals surface area contributed by atoms with Gasteiger partial charge in [0.2, 0.25) is 0 Å². The quantitative estimate of drug-likeness (QED) is 0.936. The van der Waals surface area contributed by atoms with Crippen LogP contribution in [0.25, 0.3) is 0 Å². The highest BCUT2D eigenvalue weighted by atomic mass is 79.9. The van der Waals surface area contributed by atoms with Crippen molar-refractivity contribution in [1.82, 2.24) is 4.98 Å². The molecule has 0 fully saturated rings. The monoisotopic (exact) mass is 317 g/mol. The Bertz CT molecular complexity index is 650. The Morgan fingerprint density at radius 3 is 2.84 bits per heavy atom. The molecule has 2 aromatic rings. The summed E-state index contributed by atoms with van der Waals surface area (Å²) in [4.78, 5) is 4.30. The lowest BCUT2D eigenvalue weighted by molar-refractivity contribution is 0.416. The SMILES string of the molecule is COc1cccc(C#N)c1Nc1ncc(Br)cc1C. The second-order valence-electron chi connectivity index (χ2n) is 3.94. The fraction of sp³-hybridized carbons (Fsp3) is 0.143. The first-order chi connectivity index (χ1) is 9.15. The number of methoxy groups -OCH3 is 1. The van der Waals surface area contributed by atoms with E-state index in [-0.39, 0.29) is 0 Å². The van der Waals surface area contributed by atoms with E-state index in [0.717, 1.165) is 10.0 Å². The second kappa shape index (κ2) is 5.72.